The summed E-state index contributed by atoms with van der Waals surface area (Å²) in [6.45, 7) is 8.08. The van der Waals surface area contributed by atoms with Gasteiger partial charge in [-0.2, -0.15) is 0 Å². The molecule has 9 nitrogen and oxygen atoms in total. The molecule has 5 aromatic rings. The average molecular weight is 680 g/mol. The minimum Gasteiger partial charge on any atom is -0.480 e. The van der Waals surface area contributed by atoms with Gasteiger partial charge in [-0.05, 0) is 52.0 Å². The van der Waals surface area contributed by atoms with E-state index in [1.165, 1.54) is 7.11 Å². The van der Waals surface area contributed by atoms with Crippen LogP contribution >= 0.6 is 34.8 Å². The summed E-state index contributed by atoms with van der Waals surface area (Å²) in [7, 11) is 2.91. The zero-order chi connectivity index (χ0) is 33.4. The summed E-state index contributed by atoms with van der Waals surface area (Å²) in [5.74, 6) is 0.235. The van der Waals surface area contributed by atoms with Crippen LogP contribution in [0, 0.1) is 0 Å². The highest BCUT2D eigenvalue weighted by Crippen LogP contribution is 2.40. The molecule has 236 valence electrons. The van der Waals surface area contributed by atoms with Gasteiger partial charge in [0, 0.05) is 47.8 Å². The number of pyridine rings is 3. The van der Waals surface area contributed by atoms with Crippen LogP contribution in [0.3, 0.4) is 0 Å². The van der Waals surface area contributed by atoms with Gasteiger partial charge in [-0.1, -0.05) is 53.0 Å². The molecule has 0 amide bonds. The number of hydrogen-bond donors (Lipinski definition) is 0. The van der Waals surface area contributed by atoms with Crippen LogP contribution in [0.2, 0.25) is 15.2 Å². The first-order chi connectivity index (χ1) is 21.8. The Morgan fingerprint density at radius 3 is 2.17 bits per heavy atom. The van der Waals surface area contributed by atoms with E-state index in [0.717, 1.165) is 17.3 Å². The number of carbonyl (C=O) groups is 2. The van der Waals surface area contributed by atoms with E-state index in [2.05, 4.69) is 15.0 Å². The van der Waals surface area contributed by atoms with E-state index in [4.69, 9.17) is 48.8 Å². The first-order valence-electron chi connectivity index (χ1n) is 14.2. The Kier molecular flexibility index (Phi) is 9.59. The Labute approximate surface area is 281 Å². The van der Waals surface area contributed by atoms with E-state index in [-0.39, 0.29) is 22.2 Å². The van der Waals surface area contributed by atoms with Gasteiger partial charge >= 0.3 is 7.12 Å². The van der Waals surface area contributed by atoms with Gasteiger partial charge in [-0.25, -0.2) is 9.97 Å². The van der Waals surface area contributed by atoms with Crippen molar-refractivity contribution in [1.29, 1.82) is 0 Å². The number of hydrogen-bond acceptors (Lipinski definition) is 8. The van der Waals surface area contributed by atoms with E-state index in [1.807, 2.05) is 63.6 Å². The zero-order valence-electron chi connectivity index (χ0n) is 26.0. The predicted octanol–water partition coefficient (Wildman–Crippen LogP) is 7.28. The molecular weight excluding hydrogens is 650 g/mol. The van der Waals surface area contributed by atoms with Crippen LogP contribution in [-0.4, -0.2) is 57.5 Å². The highest BCUT2D eigenvalue weighted by molar-refractivity contribution is 6.62. The molecule has 4 aromatic heterocycles. The highest BCUT2D eigenvalue weighted by atomic mass is 35.5. The molecule has 0 N–H and O–H groups in total. The van der Waals surface area contributed by atoms with Gasteiger partial charge in [0.05, 0.1) is 56.2 Å². The van der Waals surface area contributed by atoms with Crippen LogP contribution in [0.1, 0.15) is 48.4 Å². The second-order valence-corrected chi connectivity index (χ2v) is 12.7. The fourth-order valence-corrected chi connectivity index (χ4v) is 5.61. The van der Waals surface area contributed by atoms with E-state index in [9.17, 15) is 9.59 Å². The lowest BCUT2D eigenvalue weighted by molar-refractivity contribution is 0.00578. The van der Waals surface area contributed by atoms with Crippen LogP contribution in [0.15, 0.2) is 61.1 Å². The molecule has 1 aromatic carbocycles. The molecule has 0 unspecified atom stereocenters. The molecule has 1 fully saturated rings. The van der Waals surface area contributed by atoms with Crippen molar-refractivity contribution in [3.05, 3.63) is 87.4 Å². The third kappa shape index (κ3) is 6.28. The quantitative estimate of drug-likeness (QED) is 0.105. The molecule has 0 bridgehead atoms. The number of rotatable bonds is 6. The minimum absolute atomic E-state index is 0.204. The van der Waals surface area contributed by atoms with Gasteiger partial charge in [0.25, 0.3) is 0 Å². The van der Waals surface area contributed by atoms with Crippen molar-refractivity contribution in [2.24, 2.45) is 7.05 Å². The van der Waals surface area contributed by atoms with Gasteiger partial charge in [-0.15, -0.1) is 0 Å². The Morgan fingerprint density at radius 1 is 0.870 bits per heavy atom. The Balaban J connectivity index is 0.000000184. The molecule has 1 saturated heterocycles. The molecule has 13 heteroatoms. The fraction of sp³-hybridized carbons (Fsp3) is 0.242. The first kappa shape index (κ1) is 33.6. The average Bonchev–Trinajstić information content (AvgIpc) is 3.48. The maximum Gasteiger partial charge on any atom is 0.496 e. The van der Waals surface area contributed by atoms with Crippen molar-refractivity contribution in [1.82, 2.24) is 19.5 Å². The van der Waals surface area contributed by atoms with E-state index < -0.39 is 7.12 Å². The molecule has 5 heterocycles. The summed E-state index contributed by atoms with van der Waals surface area (Å²) in [4.78, 5) is 34.8. The molecule has 0 radical (unpaired) electrons. The summed E-state index contributed by atoms with van der Waals surface area (Å²) < 4.78 is 19.1. The van der Waals surface area contributed by atoms with Crippen molar-refractivity contribution in [2.45, 2.75) is 38.9 Å². The lowest BCUT2D eigenvalue weighted by Crippen LogP contribution is -2.41. The fourth-order valence-electron chi connectivity index (χ4n) is 4.91. The molecule has 0 atom stereocenters. The number of halogens is 3. The van der Waals surface area contributed by atoms with Gasteiger partial charge in [0.2, 0.25) is 5.88 Å². The zero-order valence-corrected chi connectivity index (χ0v) is 28.2. The first-order valence-corrected chi connectivity index (χ1v) is 15.3. The molecule has 46 heavy (non-hydrogen) atoms. The minimum atomic E-state index is -0.443. The third-order valence-electron chi connectivity index (χ3n) is 8.15. The monoisotopic (exact) mass is 678 g/mol. The molecule has 0 saturated carbocycles. The molecular formula is C33H30BCl3N4O5. The molecule has 6 rings (SSSR count). The summed E-state index contributed by atoms with van der Waals surface area (Å²) in [6, 6.07) is 12.5. The normalized spacial score (nSPS) is 14.9. The third-order valence-corrected chi connectivity index (χ3v) is 9.32. The predicted molar refractivity (Wildman–Crippen MR) is 182 cm³/mol. The molecule has 1 aliphatic heterocycles. The summed E-state index contributed by atoms with van der Waals surface area (Å²) in [6.07, 6.45) is 6.57. The summed E-state index contributed by atoms with van der Waals surface area (Å²) >= 11 is 18.9. The summed E-state index contributed by atoms with van der Waals surface area (Å²) in [5, 5.41) is 0.987. The SMILES string of the molecule is COc1nc(-c2cccc(-c3ccnc(Cl)c3Cl)c2Cl)ccc1C=O.Cn1cc(C=O)c2ncc(B3OC(C)(C)C(C)(C)O3)cc21. The number of aromatic nitrogens is 4. The number of benzene rings is 1. The summed E-state index contributed by atoms with van der Waals surface area (Å²) in [5.41, 5.74) is 5.28. The highest BCUT2D eigenvalue weighted by Gasteiger charge is 2.51. The van der Waals surface area contributed by atoms with Crippen molar-refractivity contribution in [2.75, 3.05) is 7.11 Å². The van der Waals surface area contributed by atoms with E-state index in [0.29, 0.717) is 55.4 Å². The van der Waals surface area contributed by atoms with Crippen LogP contribution in [0.25, 0.3) is 33.4 Å². The molecule has 0 spiro atoms. The number of carbonyl (C=O) groups excluding carboxylic acids is 2. The number of aryl methyl sites for hydroxylation is 1. The molecule has 0 aliphatic carbocycles. The standard InChI is InChI=1S/C18H11Cl3N2O2.C15H19BN2O3/c1-25-18-10(9-24)5-6-14(23-18)13-4-2-3-11(15(13)19)12-7-8-22-17(21)16(12)20;1-14(2)15(3,4)21-16(20-14)11-6-12-13(17-7-11)10(9-19)8-18(12)5/h2-9H,1H3;6-9H,1-5H3. The van der Waals surface area contributed by atoms with Crippen LogP contribution in [0.5, 0.6) is 5.88 Å². The number of methoxy groups -OCH3 is 1. The number of ether oxygens (including phenoxy) is 1. The van der Waals surface area contributed by atoms with E-state index >= 15 is 0 Å². The second kappa shape index (κ2) is 13.1. The van der Waals surface area contributed by atoms with Crippen molar-refractivity contribution in [3.63, 3.8) is 0 Å². The lowest BCUT2D eigenvalue weighted by Gasteiger charge is -2.32. The second-order valence-electron chi connectivity index (χ2n) is 11.6. The maximum absolute atomic E-state index is 11.0. The number of nitrogens with zero attached hydrogens (tertiary/aromatic N) is 4. The number of aldehydes is 2. The largest absolute Gasteiger partial charge is 0.496 e. The van der Waals surface area contributed by atoms with Crippen molar-refractivity contribution >= 4 is 71.0 Å². The molecule has 1 aliphatic rings. The van der Waals surface area contributed by atoms with Crippen LogP contribution < -0.4 is 10.2 Å². The number of fused-ring (bicyclic) bond motifs is 1. The van der Waals surface area contributed by atoms with Gasteiger partial charge < -0.3 is 18.6 Å². The Hall–Kier alpha value is -3.80. The van der Waals surface area contributed by atoms with Crippen molar-refractivity contribution < 1.29 is 23.6 Å². The lowest BCUT2D eigenvalue weighted by atomic mass is 9.80. The van der Waals surface area contributed by atoms with Gasteiger partial charge in [0.15, 0.2) is 12.6 Å². The Bertz CT molecular complexity index is 1950. The van der Waals surface area contributed by atoms with Gasteiger partial charge in [-0.3, -0.25) is 14.6 Å². The maximum atomic E-state index is 11.0. The van der Waals surface area contributed by atoms with Crippen LogP contribution in [-0.2, 0) is 16.4 Å². The van der Waals surface area contributed by atoms with Gasteiger partial charge in [0.1, 0.15) is 5.15 Å². The smallest absolute Gasteiger partial charge is 0.480 e. The van der Waals surface area contributed by atoms with Crippen molar-refractivity contribution in [3.8, 4) is 28.3 Å². The topological polar surface area (TPSA) is 105 Å². The van der Waals surface area contributed by atoms with E-state index in [1.54, 1.807) is 36.8 Å². The van der Waals surface area contributed by atoms with Crippen LogP contribution in [0.4, 0.5) is 0 Å². The Morgan fingerprint density at radius 2 is 1.52 bits per heavy atom.